The Kier molecular flexibility index (Phi) is 6.15. The zero-order chi connectivity index (χ0) is 14.3. The highest BCUT2D eigenvalue weighted by molar-refractivity contribution is 6.30. The van der Waals surface area contributed by atoms with Gasteiger partial charge in [-0.3, -0.25) is 0 Å². The molecule has 0 bridgehead atoms. The molecule has 0 radical (unpaired) electrons. The topological polar surface area (TPSA) is 64.6 Å². The van der Waals surface area contributed by atoms with Gasteiger partial charge in [-0.2, -0.15) is 0 Å². The van der Waals surface area contributed by atoms with E-state index in [0.29, 0.717) is 11.4 Å². The van der Waals surface area contributed by atoms with Crippen LogP contribution in [0.5, 0.6) is 0 Å². The van der Waals surface area contributed by atoms with Gasteiger partial charge in [0.15, 0.2) is 0 Å². The number of methoxy groups -OCH3 is 1. The van der Waals surface area contributed by atoms with Crippen molar-refractivity contribution in [3.8, 4) is 0 Å². The zero-order valence-electron chi connectivity index (χ0n) is 10.8. The lowest BCUT2D eigenvalue weighted by Crippen LogP contribution is -2.43. The second-order valence-corrected chi connectivity index (χ2v) is 4.21. The van der Waals surface area contributed by atoms with Gasteiger partial charge in [-0.15, -0.1) is 0 Å². The van der Waals surface area contributed by atoms with Gasteiger partial charge in [0.1, 0.15) is 6.04 Å². The first-order valence-electron chi connectivity index (χ1n) is 5.82. The fraction of sp³-hybridized carbons (Fsp3) is 0.385. The van der Waals surface area contributed by atoms with Crippen LogP contribution in [0, 0.1) is 0 Å². The molecular formula is C13H16ClNO4. The van der Waals surface area contributed by atoms with Gasteiger partial charge in [-0.25, -0.2) is 9.59 Å². The number of halogens is 1. The number of alkyl carbamates (subject to hydrolysis) is 1. The third-order valence-corrected chi connectivity index (χ3v) is 2.66. The Morgan fingerprint density at radius 1 is 1.32 bits per heavy atom. The summed E-state index contributed by atoms with van der Waals surface area (Å²) in [4.78, 5) is 23.0. The molecular weight excluding hydrogens is 270 g/mol. The van der Waals surface area contributed by atoms with E-state index in [1.165, 1.54) is 7.11 Å². The van der Waals surface area contributed by atoms with Crippen molar-refractivity contribution < 1.29 is 19.1 Å². The van der Waals surface area contributed by atoms with E-state index in [0.717, 1.165) is 5.56 Å². The summed E-state index contributed by atoms with van der Waals surface area (Å²) >= 11 is 5.78. The molecule has 0 aliphatic carbocycles. The first-order valence-corrected chi connectivity index (χ1v) is 6.20. The Balaban J connectivity index is 2.71. The van der Waals surface area contributed by atoms with Crippen LogP contribution >= 0.6 is 11.6 Å². The molecule has 5 nitrogen and oxygen atoms in total. The second-order valence-electron chi connectivity index (χ2n) is 3.77. The molecule has 6 heteroatoms. The molecule has 19 heavy (non-hydrogen) atoms. The standard InChI is InChI=1S/C13H16ClNO4/c1-3-19-13(17)15-11(12(16)18-2)8-9-4-6-10(14)7-5-9/h4-7,11H,3,8H2,1-2H3,(H,15,17)/t11-/m1/s1. The van der Waals surface area contributed by atoms with E-state index < -0.39 is 18.1 Å². The van der Waals surface area contributed by atoms with Crippen LogP contribution in [0.4, 0.5) is 4.79 Å². The van der Waals surface area contributed by atoms with Crippen LogP contribution in [0.2, 0.25) is 5.02 Å². The minimum Gasteiger partial charge on any atom is -0.467 e. The Hall–Kier alpha value is -1.75. The lowest BCUT2D eigenvalue weighted by Gasteiger charge is -2.16. The molecule has 0 aliphatic rings. The number of carbonyl (C=O) groups is 2. The maximum Gasteiger partial charge on any atom is 0.407 e. The fourth-order valence-corrected chi connectivity index (χ4v) is 1.63. The predicted octanol–water partition coefficient (Wildman–Crippen LogP) is 2.17. The molecule has 1 rings (SSSR count). The molecule has 0 heterocycles. The number of esters is 1. The molecule has 0 spiro atoms. The van der Waals surface area contributed by atoms with Crippen LogP contribution in [-0.4, -0.2) is 31.8 Å². The van der Waals surface area contributed by atoms with Crippen molar-refractivity contribution in [3.05, 3.63) is 34.9 Å². The van der Waals surface area contributed by atoms with Crippen molar-refractivity contribution in [1.82, 2.24) is 5.32 Å². The maximum atomic E-state index is 11.6. The van der Waals surface area contributed by atoms with Gasteiger partial charge in [0.2, 0.25) is 0 Å². The Morgan fingerprint density at radius 3 is 2.47 bits per heavy atom. The average Bonchev–Trinajstić information content (AvgIpc) is 2.40. The average molecular weight is 286 g/mol. The third-order valence-electron chi connectivity index (χ3n) is 2.41. The zero-order valence-corrected chi connectivity index (χ0v) is 11.6. The number of rotatable bonds is 5. The van der Waals surface area contributed by atoms with E-state index in [2.05, 4.69) is 10.1 Å². The van der Waals surface area contributed by atoms with Gasteiger partial charge in [-0.1, -0.05) is 23.7 Å². The maximum absolute atomic E-state index is 11.6. The second kappa shape index (κ2) is 7.63. The van der Waals surface area contributed by atoms with Crippen molar-refractivity contribution >= 4 is 23.7 Å². The largest absolute Gasteiger partial charge is 0.467 e. The summed E-state index contributed by atoms with van der Waals surface area (Å²) in [5.41, 5.74) is 0.858. The lowest BCUT2D eigenvalue weighted by atomic mass is 10.1. The molecule has 0 aliphatic heterocycles. The number of ether oxygens (including phenoxy) is 2. The van der Waals surface area contributed by atoms with E-state index >= 15 is 0 Å². The van der Waals surface area contributed by atoms with Gasteiger partial charge in [0.25, 0.3) is 0 Å². The molecule has 1 atom stereocenters. The SMILES string of the molecule is CCOC(=O)N[C@H](Cc1ccc(Cl)cc1)C(=O)OC. The van der Waals surface area contributed by atoms with Gasteiger partial charge >= 0.3 is 12.1 Å². The highest BCUT2D eigenvalue weighted by Crippen LogP contribution is 2.11. The van der Waals surface area contributed by atoms with Crippen molar-refractivity contribution in [1.29, 1.82) is 0 Å². The number of benzene rings is 1. The van der Waals surface area contributed by atoms with Crippen molar-refractivity contribution in [2.75, 3.05) is 13.7 Å². The number of hydrogen-bond acceptors (Lipinski definition) is 4. The summed E-state index contributed by atoms with van der Waals surface area (Å²) in [7, 11) is 1.27. The summed E-state index contributed by atoms with van der Waals surface area (Å²) < 4.78 is 9.40. The third kappa shape index (κ3) is 5.18. The summed E-state index contributed by atoms with van der Waals surface area (Å²) in [5.74, 6) is -0.525. The van der Waals surface area contributed by atoms with Crippen LogP contribution in [0.3, 0.4) is 0 Å². The lowest BCUT2D eigenvalue weighted by molar-refractivity contribution is -0.142. The Labute approximate surface area is 116 Å². The van der Waals surface area contributed by atoms with E-state index in [4.69, 9.17) is 16.3 Å². The monoisotopic (exact) mass is 285 g/mol. The highest BCUT2D eigenvalue weighted by atomic mass is 35.5. The minimum absolute atomic E-state index is 0.237. The van der Waals surface area contributed by atoms with Crippen molar-refractivity contribution in [3.63, 3.8) is 0 Å². The molecule has 1 aromatic rings. The van der Waals surface area contributed by atoms with E-state index in [9.17, 15) is 9.59 Å². The molecule has 0 saturated heterocycles. The summed E-state index contributed by atoms with van der Waals surface area (Å²) in [5, 5.41) is 3.07. The van der Waals surface area contributed by atoms with Crippen LogP contribution in [-0.2, 0) is 20.7 Å². The first kappa shape index (κ1) is 15.3. The van der Waals surface area contributed by atoms with E-state index in [1.807, 2.05) is 0 Å². The molecule has 0 saturated carbocycles. The van der Waals surface area contributed by atoms with Crippen molar-refractivity contribution in [2.45, 2.75) is 19.4 Å². The van der Waals surface area contributed by atoms with Crippen LogP contribution in [0.1, 0.15) is 12.5 Å². The molecule has 1 aromatic carbocycles. The molecule has 1 N–H and O–H groups in total. The predicted molar refractivity (Wildman–Crippen MR) is 71.1 cm³/mol. The first-order chi connectivity index (χ1) is 9.06. The van der Waals surface area contributed by atoms with E-state index in [-0.39, 0.29) is 6.61 Å². The van der Waals surface area contributed by atoms with Crippen LogP contribution in [0.15, 0.2) is 24.3 Å². The van der Waals surface area contributed by atoms with E-state index in [1.54, 1.807) is 31.2 Å². The smallest absolute Gasteiger partial charge is 0.407 e. The minimum atomic E-state index is -0.787. The molecule has 104 valence electrons. The summed E-state index contributed by atoms with van der Waals surface area (Å²) in [6.45, 7) is 1.92. The number of carbonyl (C=O) groups excluding carboxylic acids is 2. The number of amides is 1. The Bertz CT molecular complexity index is 433. The summed E-state index contributed by atoms with van der Waals surface area (Å²) in [6, 6.07) is 6.21. The highest BCUT2D eigenvalue weighted by Gasteiger charge is 2.22. The molecule has 0 fully saturated rings. The molecule has 0 aromatic heterocycles. The Morgan fingerprint density at radius 2 is 1.95 bits per heavy atom. The fourth-order valence-electron chi connectivity index (χ4n) is 1.51. The van der Waals surface area contributed by atoms with Gasteiger partial charge in [-0.05, 0) is 24.6 Å². The van der Waals surface area contributed by atoms with Crippen molar-refractivity contribution in [2.24, 2.45) is 0 Å². The number of nitrogens with one attached hydrogen (secondary N) is 1. The van der Waals surface area contributed by atoms with Gasteiger partial charge in [0.05, 0.1) is 13.7 Å². The molecule has 0 unspecified atom stereocenters. The molecule has 1 amide bonds. The van der Waals surface area contributed by atoms with Crippen LogP contribution in [0.25, 0.3) is 0 Å². The van der Waals surface area contributed by atoms with Crippen LogP contribution < -0.4 is 5.32 Å². The summed E-state index contributed by atoms with van der Waals surface area (Å²) in [6.07, 6.45) is -0.338. The normalized spacial score (nSPS) is 11.5. The quantitative estimate of drug-likeness (QED) is 0.842. The van der Waals surface area contributed by atoms with Gasteiger partial charge in [0, 0.05) is 11.4 Å². The number of hydrogen-bond donors (Lipinski definition) is 1. The van der Waals surface area contributed by atoms with Gasteiger partial charge < -0.3 is 14.8 Å².